The molecule has 12 heteroatoms. The molecule has 0 unspecified atom stereocenters. The summed E-state index contributed by atoms with van der Waals surface area (Å²) in [4.78, 5) is 19.6. The summed E-state index contributed by atoms with van der Waals surface area (Å²) in [5, 5.41) is 0. The van der Waals surface area contributed by atoms with Gasteiger partial charge in [0.1, 0.15) is 30.3 Å². The molecule has 7 nitrogen and oxygen atoms in total. The summed E-state index contributed by atoms with van der Waals surface area (Å²) in [6.45, 7) is -1.20. The Bertz CT molecular complexity index is 1280. The molecule has 0 bridgehead atoms. The number of methoxy groups -OCH3 is 1. The molecule has 2 aliphatic heterocycles. The fourth-order valence-corrected chi connectivity index (χ4v) is 4.63. The molecule has 192 valence electrons. The van der Waals surface area contributed by atoms with Crippen molar-refractivity contribution in [3.63, 3.8) is 0 Å². The van der Waals surface area contributed by atoms with E-state index in [0.29, 0.717) is 34.8 Å². The molecule has 2 aromatic heterocycles. The second-order valence-electron chi connectivity index (χ2n) is 8.95. The smallest absolute Gasteiger partial charge is 0.406 e. The van der Waals surface area contributed by atoms with Crippen LogP contribution in [-0.2, 0) is 6.42 Å². The first-order valence-electron chi connectivity index (χ1n) is 11.3. The Kier molecular flexibility index (Phi) is 6.01. The van der Waals surface area contributed by atoms with Gasteiger partial charge in [-0.2, -0.15) is 13.2 Å². The van der Waals surface area contributed by atoms with E-state index < -0.39 is 24.6 Å². The molecular formula is C24H23F5N4O3. The maximum Gasteiger partial charge on any atom is 0.406 e. The van der Waals surface area contributed by atoms with Gasteiger partial charge in [0, 0.05) is 30.9 Å². The number of carbonyl (C=O) groups excluding carboxylic acids is 1. The Labute approximate surface area is 203 Å². The van der Waals surface area contributed by atoms with Crippen LogP contribution in [-0.4, -0.2) is 83.6 Å². The third kappa shape index (κ3) is 4.81. The van der Waals surface area contributed by atoms with Gasteiger partial charge in [-0.05, 0) is 30.2 Å². The SMILES string of the molecule is COc1cc(-c2cnc3cc(OCCN4CC(F)(F)C4)ccn23)cc2c1C(=O)N(CC(F)(F)F)CC2. The van der Waals surface area contributed by atoms with Crippen molar-refractivity contribution >= 4 is 11.6 Å². The van der Waals surface area contributed by atoms with E-state index in [1.54, 1.807) is 41.6 Å². The first-order chi connectivity index (χ1) is 17.0. The van der Waals surface area contributed by atoms with E-state index in [1.807, 2.05) is 4.40 Å². The van der Waals surface area contributed by atoms with E-state index >= 15 is 0 Å². The van der Waals surface area contributed by atoms with Crippen molar-refractivity contribution in [2.75, 3.05) is 46.4 Å². The molecule has 1 fully saturated rings. The zero-order valence-corrected chi connectivity index (χ0v) is 19.3. The molecule has 0 N–H and O–H groups in total. The Morgan fingerprint density at radius 2 is 1.94 bits per heavy atom. The largest absolute Gasteiger partial charge is 0.496 e. The number of ether oxygens (including phenoxy) is 2. The fourth-order valence-electron chi connectivity index (χ4n) is 4.63. The van der Waals surface area contributed by atoms with Gasteiger partial charge < -0.3 is 14.4 Å². The van der Waals surface area contributed by atoms with Crippen LogP contribution in [0, 0.1) is 0 Å². The molecule has 3 aromatic rings. The number of hydrogen-bond acceptors (Lipinski definition) is 5. The highest BCUT2D eigenvalue weighted by atomic mass is 19.4. The summed E-state index contributed by atoms with van der Waals surface area (Å²) in [5.74, 6) is -2.57. The molecular weight excluding hydrogens is 487 g/mol. The van der Waals surface area contributed by atoms with Crippen molar-refractivity contribution in [1.29, 1.82) is 0 Å². The molecule has 4 heterocycles. The Morgan fingerprint density at radius 3 is 2.64 bits per heavy atom. The zero-order chi connectivity index (χ0) is 25.7. The van der Waals surface area contributed by atoms with Crippen LogP contribution < -0.4 is 9.47 Å². The van der Waals surface area contributed by atoms with Gasteiger partial charge in [-0.3, -0.25) is 14.1 Å². The first kappa shape index (κ1) is 24.3. The fraction of sp³-hybridized carbons (Fsp3) is 0.417. The number of amides is 1. The lowest BCUT2D eigenvalue weighted by Gasteiger charge is -2.38. The van der Waals surface area contributed by atoms with Crippen molar-refractivity contribution in [1.82, 2.24) is 19.2 Å². The maximum absolute atomic E-state index is 12.9. The lowest BCUT2D eigenvalue weighted by atomic mass is 9.94. The van der Waals surface area contributed by atoms with Crippen LogP contribution in [0.25, 0.3) is 16.9 Å². The molecule has 1 aromatic carbocycles. The maximum atomic E-state index is 12.9. The highest BCUT2D eigenvalue weighted by Crippen LogP contribution is 2.35. The van der Waals surface area contributed by atoms with E-state index in [4.69, 9.17) is 9.47 Å². The average Bonchev–Trinajstić information content (AvgIpc) is 3.21. The van der Waals surface area contributed by atoms with E-state index in [0.717, 1.165) is 4.90 Å². The van der Waals surface area contributed by atoms with Gasteiger partial charge in [-0.15, -0.1) is 0 Å². The lowest BCUT2D eigenvalue weighted by Crippen LogP contribution is -2.56. The van der Waals surface area contributed by atoms with Crippen molar-refractivity contribution in [3.8, 4) is 22.8 Å². The van der Waals surface area contributed by atoms with E-state index in [9.17, 15) is 26.7 Å². The monoisotopic (exact) mass is 510 g/mol. The zero-order valence-electron chi connectivity index (χ0n) is 19.3. The van der Waals surface area contributed by atoms with E-state index in [2.05, 4.69) is 4.98 Å². The molecule has 0 atom stereocenters. The second kappa shape index (κ2) is 8.91. The van der Waals surface area contributed by atoms with Crippen LogP contribution in [0.5, 0.6) is 11.5 Å². The van der Waals surface area contributed by atoms with Crippen LogP contribution >= 0.6 is 0 Å². The number of alkyl halides is 5. The van der Waals surface area contributed by atoms with Gasteiger partial charge >= 0.3 is 6.18 Å². The third-order valence-electron chi connectivity index (χ3n) is 6.29. The van der Waals surface area contributed by atoms with E-state index in [-0.39, 0.29) is 44.0 Å². The normalized spacial score (nSPS) is 17.7. The van der Waals surface area contributed by atoms with Gasteiger partial charge in [0.15, 0.2) is 0 Å². The number of carbonyl (C=O) groups is 1. The van der Waals surface area contributed by atoms with Gasteiger partial charge in [0.25, 0.3) is 11.8 Å². The summed E-state index contributed by atoms with van der Waals surface area (Å²) in [5.41, 5.74) is 2.73. The van der Waals surface area contributed by atoms with Crippen LogP contribution in [0.3, 0.4) is 0 Å². The summed E-state index contributed by atoms with van der Waals surface area (Å²) in [6, 6.07) is 6.85. The molecule has 1 saturated heterocycles. The minimum atomic E-state index is -4.48. The van der Waals surface area contributed by atoms with Crippen molar-refractivity contribution in [2.24, 2.45) is 0 Å². The quantitative estimate of drug-likeness (QED) is 0.452. The molecule has 1 amide bonds. The number of likely N-dealkylation sites (tertiary alicyclic amines) is 1. The third-order valence-corrected chi connectivity index (χ3v) is 6.29. The number of nitrogens with zero attached hydrogens (tertiary/aromatic N) is 4. The minimum absolute atomic E-state index is 0.0408. The standard InChI is InChI=1S/C24H23F5N4O3/c1-35-19-9-16(8-15-2-4-32(14-24(27,28)29)22(34)21(15)19)18-11-30-20-10-17(3-5-33(18)20)36-7-6-31-12-23(25,26)13-31/h3,5,8-11H,2,4,6-7,12-14H2,1H3. The van der Waals surface area contributed by atoms with E-state index in [1.165, 1.54) is 7.11 Å². The van der Waals surface area contributed by atoms with Gasteiger partial charge in [-0.25, -0.2) is 13.8 Å². The van der Waals surface area contributed by atoms with Crippen LogP contribution in [0.4, 0.5) is 22.0 Å². The number of hydrogen-bond donors (Lipinski definition) is 0. The van der Waals surface area contributed by atoms with Crippen molar-refractivity contribution in [2.45, 2.75) is 18.5 Å². The van der Waals surface area contributed by atoms with Crippen molar-refractivity contribution in [3.05, 3.63) is 47.8 Å². The number of rotatable bonds is 7. The molecule has 5 rings (SSSR count). The molecule has 36 heavy (non-hydrogen) atoms. The Hall–Kier alpha value is -3.41. The van der Waals surface area contributed by atoms with Crippen LogP contribution in [0.1, 0.15) is 15.9 Å². The van der Waals surface area contributed by atoms with Gasteiger partial charge in [-0.1, -0.05) is 0 Å². The molecule has 0 spiro atoms. The van der Waals surface area contributed by atoms with Gasteiger partial charge in [0.05, 0.1) is 37.7 Å². The van der Waals surface area contributed by atoms with Gasteiger partial charge in [0.2, 0.25) is 0 Å². The lowest BCUT2D eigenvalue weighted by molar-refractivity contribution is -0.141. The highest BCUT2D eigenvalue weighted by molar-refractivity contribution is 6.00. The predicted molar refractivity (Wildman–Crippen MR) is 120 cm³/mol. The summed E-state index contributed by atoms with van der Waals surface area (Å²) < 4.78 is 77.4. The van der Waals surface area contributed by atoms with Crippen LogP contribution in [0.2, 0.25) is 0 Å². The second-order valence-corrected chi connectivity index (χ2v) is 8.95. The number of fused-ring (bicyclic) bond motifs is 2. The number of benzene rings is 1. The topological polar surface area (TPSA) is 59.3 Å². The number of halogens is 5. The number of aromatic nitrogens is 2. The minimum Gasteiger partial charge on any atom is -0.496 e. The molecule has 0 aliphatic carbocycles. The van der Waals surface area contributed by atoms with Crippen molar-refractivity contribution < 1.29 is 36.2 Å². The summed E-state index contributed by atoms with van der Waals surface area (Å²) in [6.07, 6.45) is -0.821. The molecule has 0 radical (unpaired) electrons. The predicted octanol–water partition coefficient (Wildman–Crippen LogP) is 3.90. The Balaban J connectivity index is 1.35. The Morgan fingerprint density at radius 1 is 1.17 bits per heavy atom. The first-order valence-corrected chi connectivity index (χ1v) is 11.3. The number of pyridine rings is 1. The molecule has 2 aliphatic rings. The summed E-state index contributed by atoms with van der Waals surface area (Å²) in [7, 11) is 1.37. The average molecular weight is 510 g/mol. The van der Waals surface area contributed by atoms with Crippen LogP contribution in [0.15, 0.2) is 36.7 Å². The molecule has 0 saturated carbocycles. The highest BCUT2D eigenvalue weighted by Gasteiger charge is 2.43. The number of imidazole rings is 1. The summed E-state index contributed by atoms with van der Waals surface area (Å²) >= 11 is 0.